The summed E-state index contributed by atoms with van der Waals surface area (Å²) in [5, 5.41) is 0. The Labute approximate surface area is 187 Å². The van der Waals surface area contributed by atoms with Gasteiger partial charge in [0.15, 0.2) is 0 Å². The van der Waals surface area contributed by atoms with Gasteiger partial charge in [0.05, 0.1) is 0 Å². The number of rotatable bonds is 23. The molecule has 0 aromatic rings. The van der Waals surface area contributed by atoms with Crippen LogP contribution in [0.3, 0.4) is 0 Å². The summed E-state index contributed by atoms with van der Waals surface area (Å²) < 4.78 is 0. The minimum Gasteiger partial charge on any atom is -0.0654 e. The molecule has 29 heavy (non-hydrogen) atoms. The summed E-state index contributed by atoms with van der Waals surface area (Å²) in [7, 11) is 0. The third kappa shape index (κ3) is 15.6. The Morgan fingerprint density at radius 1 is 0.483 bits per heavy atom. The average Bonchev–Trinajstić information content (AvgIpc) is 2.72. The van der Waals surface area contributed by atoms with Gasteiger partial charge in [-0.3, -0.25) is 0 Å². The van der Waals surface area contributed by atoms with Crippen molar-refractivity contribution in [1.29, 1.82) is 0 Å². The standard InChI is InChI=1S/C28H59P/c1-6-10-13-14-15-16-17-18-19-20-21-22-23-24-28-29(5,25-9-4,26-11-7-2)27-12-8-3/h9H,4,6-8,10-28H2,1-3,5H3. The second-order valence-electron chi connectivity index (χ2n) is 10.6. The van der Waals surface area contributed by atoms with Crippen LogP contribution in [0.1, 0.15) is 136 Å². The van der Waals surface area contributed by atoms with Crippen LogP contribution in [0.5, 0.6) is 0 Å². The Balaban J connectivity index is 3.90. The molecule has 0 fully saturated rings. The van der Waals surface area contributed by atoms with Gasteiger partial charge in [0.2, 0.25) is 0 Å². The number of allylic oxidation sites excluding steroid dienone is 1. The van der Waals surface area contributed by atoms with Crippen LogP contribution in [0, 0.1) is 0 Å². The monoisotopic (exact) mass is 426 g/mol. The first-order valence-electron chi connectivity index (χ1n) is 13.6. The van der Waals surface area contributed by atoms with Crippen LogP contribution in [0.15, 0.2) is 12.7 Å². The summed E-state index contributed by atoms with van der Waals surface area (Å²) in [6.07, 6.45) is 34.3. The molecule has 0 radical (unpaired) electrons. The molecule has 0 aromatic heterocycles. The van der Waals surface area contributed by atoms with E-state index in [9.17, 15) is 0 Å². The first-order valence-corrected chi connectivity index (χ1v) is 17.1. The van der Waals surface area contributed by atoms with E-state index in [0.29, 0.717) is 0 Å². The van der Waals surface area contributed by atoms with Gasteiger partial charge in [-0.15, -0.1) is 0 Å². The molecule has 0 nitrogen and oxygen atoms in total. The zero-order valence-electron chi connectivity index (χ0n) is 21.3. The maximum absolute atomic E-state index is 4.16. The zero-order chi connectivity index (χ0) is 21.7. The Kier molecular flexibility index (Phi) is 19.0. The van der Waals surface area contributed by atoms with E-state index in [1.807, 2.05) is 0 Å². The van der Waals surface area contributed by atoms with E-state index in [1.54, 1.807) is 0 Å². The van der Waals surface area contributed by atoms with Crippen molar-refractivity contribution in [2.24, 2.45) is 0 Å². The molecule has 176 valence electrons. The Morgan fingerprint density at radius 3 is 1.14 bits per heavy atom. The Morgan fingerprint density at radius 2 is 0.793 bits per heavy atom. The van der Waals surface area contributed by atoms with E-state index in [-0.39, 0.29) is 0 Å². The van der Waals surface area contributed by atoms with Crippen LogP contribution in [0.2, 0.25) is 0 Å². The first kappa shape index (κ1) is 29.2. The molecule has 0 aliphatic heterocycles. The summed E-state index contributed by atoms with van der Waals surface area (Å²) in [5.41, 5.74) is 0. The number of unbranched alkanes of at least 4 members (excludes halogenated alkanes) is 15. The number of hydrogen-bond donors (Lipinski definition) is 0. The van der Waals surface area contributed by atoms with Crippen molar-refractivity contribution in [3.8, 4) is 0 Å². The summed E-state index contributed by atoms with van der Waals surface area (Å²) in [5.74, 6) is 0. The van der Waals surface area contributed by atoms with E-state index < -0.39 is 6.60 Å². The molecular formula is C28H59P. The molecule has 0 aromatic carbocycles. The van der Waals surface area contributed by atoms with Crippen molar-refractivity contribution in [2.45, 2.75) is 136 Å². The molecule has 1 heteroatoms. The summed E-state index contributed by atoms with van der Waals surface area (Å²) in [6, 6.07) is 0. The van der Waals surface area contributed by atoms with Gasteiger partial charge in [-0.2, -0.15) is 0 Å². The second kappa shape index (κ2) is 18.9. The smallest absolute Gasteiger partial charge is 0.0654 e. The molecule has 0 unspecified atom stereocenters. The molecule has 0 saturated carbocycles. The van der Waals surface area contributed by atoms with Crippen LogP contribution in [0.25, 0.3) is 0 Å². The molecular weight excluding hydrogens is 367 g/mol. The van der Waals surface area contributed by atoms with Crippen LogP contribution in [0.4, 0.5) is 0 Å². The van der Waals surface area contributed by atoms with Gasteiger partial charge in [0, 0.05) is 0 Å². The van der Waals surface area contributed by atoms with E-state index in [1.165, 1.54) is 140 Å². The van der Waals surface area contributed by atoms with Crippen LogP contribution < -0.4 is 0 Å². The molecule has 0 rings (SSSR count). The maximum atomic E-state index is 4.16. The fraction of sp³-hybridized carbons (Fsp3) is 0.929. The molecule has 0 amide bonds. The Hall–Kier alpha value is 0.170. The summed E-state index contributed by atoms with van der Waals surface area (Å²) >= 11 is 0. The van der Waals surface area contributed by atoms with Crippen molar-refractivity contribution >= 4 is 6.60 Å². The SMILES string of the molecule is C=CCP(C)(CCCC)(CCCC)CCCCCCCCCCCCCCCC. The van der Waals surface area contributed by atoms with Gasteiger partial charge in [0.1, 0.15) is 0 Å². The predicted octanol–water partition coefficient (Wildman–Crippen LogP) is 10.4. The van der Waals surface area contributed by atoms with Crippen molar-refractivity contribution in [3.63, 3.8) is 0 Å². The van der Waals surface area contributed by atoms with Gasteiger partial charge in [-0.05, 0) is 0 Å². The van der Waals surface area contributed by atoms with Crippen molar-refractivity contribution in [2.75, 3.05) is 31.3 Å². The molecule has 0 saturated heterocycles. The molecule has 0 atom stereocenters. The van der Waals surface area contributed by atoms with Gasteiger partial charge in [0.25, 0.3) is 0 Å². The van der Waals surface area contributed by atoms with Crippen LogP contribution >= 0.6 is 6.60 Å². The minimum atomic E-state index is -1.54. The fourth-order valence-electron chi connectivity index (χ4n) is 5.12. The predicted molar refractivity (Wildman–Crippen MR) is 143 cm³/mol. The van der Waals surface area contributed by atoms with Gasteiger partial charge >= 0.3 is 161 Å². The van der Waals surface area contributed by atoms with Crippen LogP contribution in [-0.4, -0.2) is 31.3 Å². The third-order valence-electron chi connectivity index (χ3n) is 7.33. The van der Waals surface area contributed by atoms with Gasteiger partial charge in [-0.25, -0.2) is 0 Å². The summed E-state index contributed by atoms with van der Waals surface area (Å²) in [6.45, 7) is 12.4. The van der Waals surface area contributed by atoms with Crippen LogP contribution in [-0.2, 0) is 0 Å². The molecule has 0 heterocycles. The van der Waals surface area contributed by atoms with E-state index in [2.05, 4.69) is 40.1 Å². The zero-order valence-corrected chi connectivity index (χ0v) is 22.2. The van der Waals surface area contributed by atoms with Crippen molar-refractivity contribution in [1.82, 2.24) is 0 Å². The third-order valence-corrected chi connectivity index (χ3v) is 13.9. The molecule has 0 spiro atoms. The van der Waals surface area contributed by atoms with Gasteiger partial charge in [-0.1, -0.05) is 26.2 Å². The second-order valence-corrected chi connectivity index (χ2v) is 17.5. The molecule has 0 aliphatic carbocycles. The van der Waals surface area contributed by atoms with Crippen molar-refractivity contribution in [3.05, 3.63) is 12.7 Å². The summed E-state index contributed by atoms with van der Waals surface area (Å²) in [4.78, 5) is 0. The molecule has 0 aliphatic rings. The average molecular weight is 427 g/mol. The van der Waals surface area contributed by atoms with Crippen molar-refractivity contribution < 1.29 is 0 Å². The van der Waals surface area contributed by atoms with E-state index >= 15 is 0 Å². The van der Waals surface area contributed by atoms with Gasteiger partial charge < -0.3 is 0 Å². The van der Waals surface area contributed by atoms with E-state index in [0.717, 1.165) is 0 Å². The first-order chi connectivity index (χ1) is 14.0. The van der Waals surface area contributed by atoms with E-state index in [4.69, 9.17) is 0 Å². The quantitative estimate of drug-likeness (QED) is 0.0865. The number of hydrogen-bond acceptors (Lipinski definition) is 0. The normalized spacial score (nSPS) is 13.3. The topological polar surface area (TPSA) is 0 Å². The molecule has 0 bridgehead atoms. The fourth-order valence-corrected chi connectivity index (χ4v) is 11.0. The minimum absolute atomic E-state index is 1.34. The Bertz CT molecular complexity index is 351. The molecule has 0 N–H and O–H groups in total.